The molecule has 2 aromatic rings. The van der Waals surface area contributed by atoms with E-state index in [9.17, 15) is 4.79 Å². The number of carbonyl (C=O) groups excluding carboxylic acids is 1. The summed E-state index contributed by atoms with van der Waals surface area (Å²) < 4.78 is 0. The average Bonchev–Trinajstić information content (AvgIpc) is 2.41. The predicted octanol–water partition coefficient (Wildman–Crippen LogP) is 3.67. The van der Waals surface area contributed by atoms with E-state index in [1.54, 1.807) is 6.07 Å². The molecule has 4 heteroatoms. The highest BCUT2D eigenvalue weighted by molar-refractivity contribution is 6.31. The molecule has 20 heavy (non-hydrogen) atoms. The standard InChI is InChI=1S/C16H17ClN2O/c1-10-8-12(16(18)20)6-7-13(10)9-19-15-5-3-4-14(17)11(15)2/h3-8,19H,9H2,1-2H3,(H2,18,20). The molecule has 0 aromatic heterocycles. The number of aryl methyl sites for hydroxylation is 1. The van der Waals surface area contributed by atoms with Gasteiger partial charge in [0.05, 0.1) is 0 Å². The van der Waals surface area contributed by atoms with Crippen LogP contribution in [0.3, 0.4) is 0 Å². The number of hydrogen-bond acceptors (Lipinski definition) is 2. The monoisotopic (exact) mass is 288 g/mol. The van der Waals surface area contributed by atoms with Gasteiger partial charge in [0.25, 0.3) is 0 Å². The lowest BCUT2D eigenvalue weighted by atomic mass is 10.0. The third-order valence-corrected chi connectivity index (χ3v) is 3.77. The summed E-state index contributed by atoms with van der Waals surface area (Å²) in [6.45, 7) is 4.62. The number of nitrogens with one attached hydrogen (secondary N) is 1. The minimum absolute atomic E-state index is 0.404. The first kappa shape index (κ1) is 14.4. The van der Waals surface area contributed by atoms with Gasteiger partial charge in [0, 0.05) is 22.8 Å². The summed E-state index contributed by atoms with van der Waals surface area (Å²) in [5.74, 6) is -0.404. The fourth-order valence-corrected chi connectivity index (χ4v) is 2.21. The maximum Gasteiger partial charge on any atom is 0.248 e. The summed E-state index contributed by atoms with van der Waals surface area (Å²) in [7, 11) is 0. The van der Waals surface area contributed by atoms with Crippen LogP contribution in [0.15, 0.2) is 36.4 Å². The average molecular weight is 289 g/mol. The Morgan fingerprint density at radius 3 is 2.65 bits per heavy atom. The Labute approximate surface area is 123 Å². The molecule has 0 bridgehead atoms. The first-order chi connectivity index (χ1) is 9.49. The SMILES string of the molecule is Cc1cc(C(N)=O)ccc1CNc1cccc(Cl)c1C. The van der Waals surface area contributed by atoms with Gasteiger partial charge >= 0.3 is 0 Å². The third kappa shape index (κ3) is 3.11. The fourth-order valence-electron chi connectivity index (χ4n) is 2.04. The fraction of sp³-hybridized carbons (Fsp3) is 0.188. The van der Waals surface area contributed by atoms with Crippen LogP contribution in [0.25, 0.3) is 0 Å². The lowest BCUT2D eigenvalue weighted by Gasteiger charge is -2.12. The van der Waals surface area contributed by atoms with Gasteiger partial charge in [0.15, 0.2) is 0 Å². The zero-order valence-electron chi connectivity index (χ0n) is 11.5. The number of nitrogens with two attached hydrogens (primary N) is 1. The molecule has 0 aliphatic rings. The normalized spacial score (nSPS) is 10.3. The lowest BCUT2D eigenvalue weighted by Crippen LogP contribution is -2.12. The van der Waals surface area contributed by atoms with E-state index in [1.807, 2.05) is 44.2 Å². The first-order valence-electron chi connectivity index (χ1n) is 6.37. The van der Waals surface area contributed by atoms with Crippen molar-refractivity contribution in [2.24, 2.45) is 5.73 Å². The number of rotatable bonds is 4. The molecule has 0 heterocycles. The Balaban J connectivity index is 2.15. The number of carbonyl (C=O) groups is 1. The molecule has 0 aliphatic carbocycles. The van der Waals surface area contributed by atoms with E-state index in [-0.39, 0.29) is 0 Å². The number of primary amides is 1. The smallest absolute Gasteiger partial charge is 0.248 e. The molecule has 0 saturated carbocycles. The number of amides is 1. The second-order valence-electron chi connectivity index (χ2n) is 4.77. The summed E-state index contributed by atoms with van der Waals surface area (Å²) in [6.07, 6.45) is 0. The minimum atomic E-state index is -0.404. The van der Waals surface area contributed by atoms with Crippen molar-refractivity contribution in [3.63, 3.8) is 0 Å². The number of anilines is 1. The second-order valence-corrected chi connectivity index (χ2v) is 5.18. The Hall–Kier alpha value is -2.00. The molecule has 2 rings (SSSR count). The summed E-state index contributed by atoms with van der Waals surface area (Å²) >= 11 is 6.09. The van der Waals surface area contributed by atoms with Gasteiger partial charge in [-0.1, -0.05) is 23.7 Å². The molecule has 0 saturated heterocycles. The van der Waals surface area contributed by atoms with Gasteiger partial charge in [-0.25, -0.2) is 0 Å². The van der Waals surface area contributed by atoms with E-state index >= 15 is 0 Å². The molecule has 104 valence electrons. The van der Waals surface area contributed by atoms with Crippen LogP contribution in [0.4, 0.5) is 5.69 Å². The van der Waals surface area contributed by atoms with Crippen LogP contribution in [0.5, 0.6) is 0 Å². The van der Waals surface area contributed by atoms with E-state index in [1.165, 1.54) is 0 Å². The number of hydrogen-bond donors (Lipinski definition) is 2. The Morgan fingerprint density at radius 2 is 2.00 bits per heavy atom. The van der Waals surface area contributed by atoms with E-state index in [0.29, 0.717) is 12.1 Å². The molecule has 0 atom stereocenters. The highest BCUT2D eigenvalue weighted by Gasteiger charge is 2.06. The molecule has 0 radical (unpaired) electrons. The first-order valence-corrected chi connectivity index (χ1v) is 6.75. The number of halogens is 1. The molecule has 0 aliphatic heterocycles. The summed E-state index contributed by atoms with van der Waals surface area (Å²) in [5.41, 5.74) is 9.99. The Kier molecular flexibility index (Phi) is 4.30. The van der Waals surface area contributed by atoms with Crippen molar-refractivity contribution in [2.45, 2.75) is 20.4 Å². The maximum atomic E-state index is 11.1. The van der Waals surface area contributed by atoms with Crippen LogP contribution in [-0.2, 0) is 6.54 Å². The quantitative estimate of drug-likeness (QED) is 0.902. The van der Waals surface area contributed by atoms with Crippen molar-refractivity contribution >= 4 is 23.2 Å². The van der Waals surface area contributed by atoms with Crippen LogP contribution < -0.4 is 11.1 Å². The zero-order valence-corrected chi connectivity index (χ0v) is 12.3. The lowest BCUT2D eigenvalue weighted by molar-refractivity contribution is 0.1000. The van der Waals surface area contributed by atoms with Crippen LogP contribution in [0, 0.1) is 13.8 Å². The Bertz CT molecular complexity index is 653. The highest BCUT2D eigenvalue weighted by atomic mass is 35.5. The second kappa shape index (κ2) is 5.97. The topological polar surface area (TPSA) is 55.1 Å². The van der Waals surface area contributed by atoms with Crippen LogP contribution in [0.1, 0.15) is 27.0 Å². The largest absolute Gasteiger partial charge is 0.381 e. The van der Waals surface area contributed by atoms with Gasteiger partial charge < -0.3 is 11.1 Å². The maximum absolute atomic E-state index is 11.1. The molecule has 0 unspecified atom stereocenters. The third-order valence-electron chi connectivity index (χ3n) is 3.36. The molecule has 0 fully saturated rings. The van der Waals surface area contributed by atoms with Crippen molar-refractivity contribution in [1.82, 2.24) is 0 Å². The zero-order chi connectivity index (χ0) is 14.7. The molecule has 0 spiro atoms. The van der Waals surface area contributed by atoms with Gasteiger partial charge in [-0.15, -0.1) is 0 Å². The molecule has 2 aromatic carbocycles. The number of benzene rings is 2. The van der Waals surface area contributed by atoms with Crippen molar-refractivity contribution < 1.29 is 4.79 Å². The van der Waals surface area contributed by atoms with Crippen LogP contribution in [-0.4, -0.2) is 5.91 Å². The predicted molar refractivity (Wildman–Crippen MR) is 83.2 cm³/mol. The molecular weight excluding hydrogens is 272 g/mol. The van der Waals surface area contributed by atoms with Gasteiger partial charge in [0.2, 0.25) is 5.91 Å². The van der Waals surface area contributed by atoms with Crippen molar-refractivity contribution in [3.8, 4) is 0 Å². The molecule has 1 amide bonds. The molecule has 3 N–H and O–H groups in total. The van der Waals surface area contributed by atoms with E-state index in [4.69, 9.17) is 17.3 Å². The Morgan fingerprint density at radius 1 is 1.25 bits per heavy atom. The minimum Gasteiger partial charge on any atom is -0.381 e. The van der Waals surface area contributed by atoms with E-state index in [2.05, 4.69) is 5.32 Å². The van der Waals surface area contributed by atoms with Gasteiger partial charge in [-0.3, -0.25) is 4.79 Å². The highest BCUT2D eigenvalue weighted by Crippen LogP contribution is 2.23. The van der Waals surface area contributed by atoms with E-state index < -0.39 is 5.91 Å². The van der Waals surface area contributed by atoms with E-state index in [0.717, 1.165) is 27.4 Å². The van der Waals surface area contributed by atoms with Crippen molar-refractivity contribution in [3.05, 3.63) is 63.7 Å². The summed E-state index contributed by atoms with van der Waals surface area (Å²) in [4.78, 5) is 11.1. The molecular formula is C16H17ClN2O. The van der Waals surface area contributed by atoms with Gasteiger partial charge in [0.1, 0.15) is 0 Å². The van der Waals surface area contributed by atoms with Gasteiger partial charge in [-0.05, 0) is 54.8 Å². The summed E-state index contributed by atoms with van der Waals surface area (Å²) in [5, 5.41) is 4.11. The van der Waals surface area contributed by atoms with Crippen LogP contribution >= 0.6 is 11.6 Å². The van der Waals surface area contributed by atoms with Gasteiger partial charge in [-0.2, -0.15) is 0 Å². The van der Waals surface area contributed by atoms with Crippen molar-refractivity contribution in [2.75, 3.05) is 5.32 Å². The molecule has 3 nitrogen and oxygen atoms in total. The van der Waals surface area contributed by atoms with Crippen LogP contribution in [0.2, 0.25) is 5.02 Å². The van der Waals surface area contributed by atoms with Crippen molar-refractivity contribution in [1.29, 1.82) is 0 Å². The summed E-state index contributed by atoms with van der Waals surface area (Å²) in [6, 6.07) is 11.3.